The monoisotopic (exact) mass is 310 g/mol. The molecule has 0 aliphatic carbocycles. The SMILES string of the molecule is CCNCc1cccc(CS(=O)(=O)N2CCC(C)CC2)c1. The minimum absolute atomic E-state index is 0.112. The van der Waals surface area contributed by atoms with Crippen LogP contribution in [0.5, 0.6) is 0 Å². The highest BCUT2D eigenvalue weighted by molar-refractivity contribution is 7.88. The van der Waals surface area contributed by atoms with Crippen molar-refractivity contribution in [3.8, 4) is 0 Å². The van der Waals surface area contributed by atoms with E-state index in [1.165, 1.54) is 0 Å². The average Bonchev–Trinajstić information content (AvgIpc) is 2.45. The van der Waals surface area contributed by atoms with Crippen molar-refractivity contribution in [2.75, 3.05) is 19.6 Å². The van der Waals surface area contributed by atoms with Gasteiger partial charge in [-0.15, -0.1) is 0 Å². The molecule has 2 rings (SSSR count). The molecule has 0 aromatic heterocycles. The van der Waals surface area contributed by atoms with Crippen molar-refractivity contribution < 1.29 is 8.42 Å². The molecule has 0 bridgehead atoms. The molecule has 118 valence electrons. The van der Waals surface area contributed by atoms with Gasteiger partial charge in [0.2, 0.25) is 10.0 Å². The zero-order valence-corrected chi connectivity index (χ0v) is 13.8. The van der Waals surface area contributed by atoms with Gasteiger partial charge >= 0.3 is 0 Å². The van der Waals surface area contributed by atoms with Gasteiger partial charge in [-0.05, 0) is 36.4 Å². The molecule has 1 N–H and O–H groups in total. The van der Waals surface area contributed by atoms with Gasteiger partial charge in [0.05, 0.1) is 5.75 Å². The van der Waals surface area contributed by atoms with Crippen molar-refractivity contribution in [1.29, 1.82) is 0 Å². The third kappa shape index (κ3) is 4.80. The molecule has 1 saturated heterocycles. The molecule has 5 heteroatoms. The standard InChI is InChI=1S/C16H26N2O2S/c1-3-17-12-15-5-4-6-16(11-15)13-21(19,20)18-9-7-14(2)8-10-18/h4-6,11,14,17H,3,7-10,12-13H2,1-2H3. The summed E-state index contributed by atoms with van der Waals surface area (Å²) in [5, 5.41) is 3.26. The van der Waals surface area contributed by atoms with Crippen LogP contribution < -0.4 is 5.32 Å². The molecule has 0 unspecified atom stereocenters. The highest BCUT2D eigenvalue weighted by Crippen LogP contribution is 2.21. The molecule has 1 heterocycles. The normalized spacial score (nSPS) is 18.0. The summed E-state index contributed by atoms with van der Waals surface area (Å²) in [4.78, 5) is 0. The molecule has 0 saturated carbocycles. The lowest BCUT2D eigenvalue weighted by atomic mass is 10.0. The first kappa shape index (κ1) is 16.5. The van der Waals surface area contributed by atoms with Gasteiger partial charge in [0, 0.05) is 19.6 Å². The zero-order chi connectivity index (χ0) is 15.3. The Morgan fingerprint density at radius 1 is 1.24 bits per heavy atom. The fourth-order valence-electron chi connectivity index (χ4n) is 2.66. The molecule has 0 radical (unpaired) electrons. The summed E-state index contributed by atoms with van der Waals surface area (Å²) in [7, 11) is -3.18. The lowest BCUT2D eigenvalue weighted by Gasteiger charge is -2.29. The molecule has 1 aromatic rings. The fraction of sp³-hybridized carbons (Fsp3) is 0.625. The highest BCUT2D eigenvalue weighted by Gasteiger charge is 2.26. The van der Waals surface area contributed by atoms with Gasteiger partial charge in [0.1, 0.15) is 0 Å². The summed E-state index contributed by atoms with van der Waals surface area (Å²) in [6.45, 7) is 7.28. The number of benzene rings is 1. The van der Waals surface area contributed by atoms with E-state index >= 15 is 0 Å². The van der Waals surface area contributed by atoms with Crippen molar-refractivity contribution in [2.45, 2.75) is 39.0 Å². The van der Waals surface area contributed by atoms with Gasteiger partial charge in [-0.25, -0.2) is 12.7 Å². The third-order valence-corrected chi connectivity index (χ3v) is 5.91. The molecule has 1 fully saturated rings. The highest BCUT2D eigenvalue weighted by atomic mass is 32.2. The number of nitrogens with zero attached hydrogens (tertiary/aromatic N) is 1. The second kappa shape index (κ2) is 7.38. The van der Waals surface area contributed by atoms with Crippen molar-refractivity contribution in [3.63, 3.8) is 0 Å². The molecule has 21 heavy (non-hydrogen) atoms. The average molecular weight is 310 g/mol. The van der Waals surface area contributed by atoms with Gasteiger partial charge in [0.15, 0.2) is 0 Å². The van der Waals surface area contributed by atoms with Crippen molar-refractivity contribution in [3.05, 3.63) is 35.4 Å². The van der Waals surface area contributed by atoms with Gasteiger partial charge in [-0.2, -0.15) is 0 Å². The molecular formula is C16H26N2O2S. The number of nitrogens with one attached hydrogen (secondary N) is 1. The minimum atomic E-state index is -3.18. The fourth-order valence-corrected chi connectivity index (χ4v) is 4.21. The van der Waals surface area contributed by atoms with Crippen molar-refractivity contribution in [2.24, 2.45) is 5.92 Å². The molecule has 0 amide bonds. The predicted molar refractivity (Wildman–Crippen MR) is 86.4 cm³/mol. The largest absolute Gasteiger partial charge is 0.313 e. The van der Waals surface area contributed by atoms with Crippen LogP contribution >= 0.6 is 0 Å². The molecule has 0 spiro atoms. The maximum absolute atomic E-state index is 12.5. The van der Waals surface area contributed by atoms with E-state index in [1.807, 2.05) is 24.3 Å². The topological polar surface area (TPSA) is 49.4 Å². The number of sulfonamides is 1. The van der Waals surface area contributed by atoms with Crippen LogP contribution in [0.25, 0.3) is 0 Å². The van der Waals surface area contributed by atoms with Crippen LogP contribution in [0, 0.1) is 5.92 Å². The summed E-state index contributed by atoms with van der Waals surface area (Å²) in [6.07, 6.45) is 1.94. The van der Waals surface area contributed by atoms with Gasteiger partial charge in [0.25, 0.3) is 0 Å². The molecule has 0 atom stereocenters. The second-order valence-electron chi connectivity index (χ2n) is 5.94. The van der Waals surface area contributed by atoms with E-state index in [1.54, 1.807) is 4.31 Å². The van der Waals surface area contributed by atoms with Crippen LogP contribution in [0.4, 0.5) is 0 Å². The Balaban J connectivity index is 2.02. The van der Waals surface area contributed by atoms with E-state index in [-0.39, 0.29) is 5.75 Å². The van der Waals surface area contributed by atoms with Gasteiger partial charge in [-0.3, -0.25) is 0 Å². The quantitative estimate of drug-likeness (QED) is 0.877. The Bertz CT molecular complexity index is 549. The molecule has 1 aliphatic heterocycles. The number of hydrogen-bond acceptors (Lipinski definition) is 3. The lowest BCUT2D eigenvalue weighted by molar-refractivity contribution is 0.287. The smallest absolute Gasteiger partial charge is 0.218 e. The van der Waals surface area contributed by atoms with E-state index in [0.717, 1.165) is 37.1 Å². The summed E-state index contributed by atoms with van der Waals surface area (Å²) in [5.41, 5.74) is 2.01. The van der Waals surface area contributed by atoms with Gasteiger partial charge < -0.3 is 5.32 Å². The Kier molecular flexibility index (Phi) is 5.79. The van der Waals surface area contributed by atoms with E-state index in [0.29, 0.717) is 19.0 Å². The summed E-state index contributed by atoms with van der Waals surface area (Å²) in [6, 6.07) is 7.86. The van der Waals surface area contributed by atoms with E-state index < -0.39 is 10.0 Å². The predicted octanol–water partition coefficient (Wildman–Crippen LogP) is 2.36. The number of rotatable bonds is 6. The zero-order valence-electron chi connectivity index (χ0n) is 13.0. The summed E-state index contributed by atoms with van der Waals surface area (Å²) < 4.78 is 26.7. The van der Waals surface area contributed by atoms with E-state index in [4.69, 9.17) is 0 Å². The Hall–Kier alpha value is -0.910. The van der Waals surface area contributed by atoms with Crippen LogP contribution in [0.1, 0.15) is 37.8 Å². The second-order valence-corrected chi connectivity index (χ2v) is 7.91. The van der Waals surface area contributed by atoms with Crippen LogP contribution in [0.2, 0.25) is 0 Å². The van der Waals surface area contributed by atoms with E-state index in [9.17, 15) is 8.42 Å². The maximum Gasteiger partial charge on any atom is 0.218 e. The minimum Gasteiger partial charge on any atom is -0.313 e. The molecule has 1 aromatic carbocycles. The molecular weight excluding hydrogens is 284 g/mol. The lowest BCUT2D eigenvalue weighted by Crippen LogP contribution is -2.38. The number of piperidine rings is 1. The van der Waals surface area contributed by atoms with Crippen LogP contribution in [0.15, 0.2) is 24.3 Å². The number of hydrogen-bond donors (Lipinski definition) is 1. The third-order valence-electron chi connectivity index (χ3n) is 4.06. The van der Waals surface area contributed by atoms with Gasteiger partial charge in [-0.1, -0.05) is 38.1 Å². The van der Waals surface area contributed by atoms with Crippen LogP contribution in [0.3, 0.4) is 0 Å². The Morgan fingerprint density at radius 2 is 1.90 bits per heavy atom. The molecule has 4 nitrogen and oxygen atoms in total. The van der Waals surface area contributed by atoms with Crippen molar-refractivity contribution >= 4 is 10.0 Å². The first-order valence-electron chi connectivity index (χ1n) is 7.77. The summed E-state index contributed by atoms with van der Waals surface area (Å²) >= 11 is 0. The van der Waals surface area contributed by atoms with Crippen LogP contribution in [-0.4, -0.2) is 32.4 Å². The maximum atomic E-state index is 12.5. The van der Waals surface area contributed by atoms with Crippen LogP contribution in [-0.2, 0) is 22.3 Å². The first-order chi connectivity index (χ1) is 10.0. The summed E-state index contributed by atoms with van der Waals surface area (Å²) in [5.74, 6) is 0.751. The Labute approximate surface area is 128 Å². The van der Waals surface area contributed by atoms with Crippen molar-refractivity contribution in [1.82, 2.24) is 9.62 Å². The van der Waals surface area contributed by atoms with E-state index in [2.05, 4.69) is 19.2 Å². The molecule has 1 aliphatic rings. The Morgan fingerprint density at radius 3 is 2.57 bits per heavy atom. The first-order valence-corrected chi connectivity index (χ1v) is 9.38.